The SMILES string of the molecule is COC(C(=O)O)C(O)C(=O)O.OCCCCO. The number of ether oxygens (including phenoxy) is 1. The summed E-state index contributed by atoms with van der Waals surface area (Å²) in [6, 6.07) is 0. The van der Waals surface area contributed by atoms with Crippen molar-refractivity contribution in [2.75, 3.05) is 20.3 Å². The Morgan fingerprint density at radius 2 is 1.47 bits per heavy atom. The normalized spacial score (nSPS) is 13.2. The van der Waals surface area contributed by atoms with Crippen molar-refractivity contribution in [3.8, 4) is 0 Å². The van der Waals surface area contributed by atoms with Crippen LogP contribution in [0.15, 0.2) is 0 Å². The molecule has 0 aliphatic rings. The summed E-state index contributed by atoms with van der Waals surface area (Å²) in [6.07, 6.45) is -2.31. The molecule has 8 nitrogen and oxygen atoms in total. The van der Waals surface area contributed by atoms with Gasteiger partial charge in [0.2, 0.25) is 0 Å². The van der Waals surface area contributed by atoms with Crippen LogP contribution in [-0.4, -0.2) is 70.0 Å². The van der Waals surface area contributed by atoms with E-state index in [1.54, 1.807) is 0 Å². The smallest absolute Gasteiger partial charge is 0.336 e. The number of aliphatic hydroxyl groups is 3. The minimum absolute atomic E-state index is 0.195. The molecular formula is C9H18O8. The minimum atomic E-state index is -2.03. The molecule has 8 heteroatoms. The summed E-state index contributed by atoms with van der Waals surface area (Å²) in [4.78, 5) is 20.1. The van der Waals surface area contributed by atoms with E-state index in [1.807, 2.05) is 0 Å². The lowest BCUT2D eigenvalue weighted by Crippen LogP contribution is -2.40. The van der Waals surface area contributed by atoms with Crippen LogP contribution >= 0.6 is 0 Å². The van der Waals surface area contributed by atoms with Crippen molar-refractivity contribution in [1.82, 2.24) is 0 Å². The Balaban J connectivity index is 0. The Morgan fingerprint density at radius 3 is 1.59 bits per heavy atom. The summed E-state index contributed by atoms with van der Waals surface area (Å²) in [5.74, 6) is -3.14. The molecule has 2 unspecified atom stereocenters. The number of carboxylic acids is 2. The van der Waals surface area contributed by atoms with Gasteiger partial charge in [-0.2, -0.15) is 0 Å². The fourth-order valence-corrected chi connectivity index (χ4v) is 0.718. The lowest BCUT2D eigenvalue weighted by atomic mass is 10.2. The second-order valence-electron chi connectivity index (χ2n) is 2.93. The molecule has 2 atom stereocenters. The fraction of sp³-hybridized carbons (Fsp3) is 0.778. The Labute approximate surface area is 98.1 Å². The molecule has 0 aromatic heterocycles. The van der Waals surface area contributed by atoms with E-state index in [4.69, 9.17) is 25.5 Å². The van der Waals surface area contributed by atoms with Crippen LogP contribution in [-0.2, 0) is 14.3 Å². The van der Waals surface area contributed by atoms with E-state index in [0.29, 0.717) is 0 Å². The maximum absolute atomic E-state index is 10.1. The highest BCUT2D eigenvalue weighted by atomic mass is 16.5. The number of unbranched alkanes of at least 4 members (excludes halogenated alkanes) is 1. The quantitative estimate of drug-likeness (QED) is 0.337. The molecule has 0 spiro atoms. The number of carboxylic acid groups (broad SMARTS) is 2. The average Bonchev–Trinajstić information content (AvgIpc) is 2.27. The van der Waals surface area contributed by atoms with Crippen LogP contribution in [0.25, 0.3) is 0 Å². The Morgan fingerprint density at radius 1 is 1.06 bits per heavy atom. The van der Waals surface area contributed by atoms with Crippen molar-refractivity contribution in [1.29, 1.82) is 0 Å². The van der Waals surface area contributed by atoms with Gasteiger partial charge in [-0.05, 0) is 12.8 Å². The molecule has 17 heavy (non-hydrogen) atoms. The van der Waals surface area contributed by atoms with Crippen LogP contribution in [0.3, 0.4) is 0 Å². The van der Waals surface area contributed by atoms with Gasteiger partial charge in [0.1, 0.15) is 0 Å². The molecule has 0 radical (unpaired) electrons. The molecule has 0 amide bonds. The number of aliphatic carboxylic acids is 2. The number of rotatable bonds is 7. The molecule has 0 heterocycles. The monoisotopic (exact) mass is 254 g/mol. The molecule has 0 rings (SSSR count). The lowest BCUT2D eigenvalue weighted by Gasteiger charge is -2.12. The maximum atomic E-state index is 10.1. The molecule has 0 aliphatic carbocycles. The number of methoxy groups -OCH3 is 1. The van der Waals surface area contributed by atoms with Crippen molar-refractivity contribution < 1.29 is 39.9 Å². The average molecular weight is 254 g/mol. The molecule has 0 saturated heterocycles. The van der Waals surface area contributed by atoms with Crippen molar-refractivity contribution in [3.05, 3.63) is 0 Å². The van der Waals surface area contributed by atoms with E-state index in [9.17, 15) is 9.59 Å². The summed E-state index contributed by atoms with van der Waals surface area (Å²) >= 11 is 0. The van der Waals surface area contributed by atoms with Gasteiger partial charge in [0.25, 0.3) is 0 Å². The second-order valence-corrected chi connectivity index (χ2v) is 2.93. The molecule has 0 aromatic carbocycles. The van der Waals surface area contributed by atoms with Gasteiger partial charge in [-0.15, -0.1) is 0 Å². The predicted molar refractivity (Wildman–Crippen MR) is 55.5 cm³/mol. The lowest BCUT2D eigenvalue weighted by molar-refractivity contribution is -0.168. The van der Waals surface area contributed by atoms with Crippen LogP contribution in [0.5, 0.6) is 0 Å². The third-order valence-electron chi connectivity index (χ3n) is 1.60. The standard InChI is InChI=1S/C5H8O6.C4H10O2/c1-11-3(5(9)10)2(6)4(7)8;5-3-1-2-4-6/h2-3,6H,1H3,(H,7,8)(H,9,10);5-6H,1-4H2. The molecule has 0 bridgehead atoms. The van der Waals surface area contributed by atoms with Gasteiger partial charge in [0, 0.05) is 20.3 Å². The van der Waals surface area contributed by atoms with Crippen LogP contribution in [0, 0.1) is 0 Å². The van der Waals surface area contributed by atoms with E-state index in [1.165, 1.54) is 0 Å². The first-order valence-corrected chi connectivity index (χ1v) is 4.80. The van der Waals surface area contributed by atoms with Crippen molar-refractivity contribution in [2.45, 2.75) is 25.0 Å². The van der Waals surface area contributed by atoms with Gasteiger partial charge in [-0.3, -0.25) is 0 Å². The van der Waals surface area contributed by atoms with E-state index < -0.39 is 24.1 Å². The first-order valence-electron chi connectivity index (χ1n) is 4.80. The van der Waals surface area contributed by atoms with Gasteiger partial charge in [0.05, 0.1) is 0 Å². The molecule has 102 valence electrons. The zero-order valence-corrected chi connectivity index (χ0v) is 9.44. The molecular weight excluding hydrogens is 236 g/mol. The zero-order chi connectivity index (χ0) is 13.8. The van der Waals surface area contributed by atoms with Crippen LogP contribution < -0.4 is 0 Å². The third kappa shape index (κ3) is 9.69. The first kappa shape index (κ1) is 18.2. The summed E-state index contributed by atoms with van der Waals surface area (Å²) in [5.41, 5.74) is 0. The maximum Gasteiger partial charge on any atom is 0.336 e. The van der Waals surface area contributed by atoms with E-state index in [-0.39, 0.29) is 13.2 Å². The predicted octanol–water partition coefficient (Wildman–Crippen LogP) is -1.72. The molecule has 0 fully saturated rings. The summed E-state index contributed by atoms with van der Waals surface area (Å²) in [5, 5.41) is 41.2. The Hall–Kier alpha value is -1.22. The number of carbonyl (C=O) groups is 2. The van der Waals surface area contributed by atoms with Crippen LogP contribution in [0.1, 0.15) is 12.8 Å². The van der Waals surface area contributed by atoms with E-state index in [2.05, 4.69) is 4.74 Å². The zero-order valence-electron chi connectivity index (χ0n) is 9.44. The summed E-state index contributed by atoms with van der Waals surface area (Å²) in [7, 11) is 1.00. The summed E-state index contributed by atoms with van der Waals surface area (Å²) < 4.78 is 4.20. The largest absolute Gasteiger partial charge is 0.479 e. The van der Waals surface area contributed by atoms with Gasteiger partial charge in [-0.25, -0.2) is 9.59 Å². The van der Waals surface area contributed by atoms with Gasteiger partial charge >= 0.3 is 11.9 Å². The number of hydrogen-bond donors (Lipinski definition) is 5. The Bertz CT molecular complexity index is 213. The number of aliphatic hydroxyl groups excluding tert-OH is 3. The van der Waals surface area contributed by atoms with Crippen LogP contribution in [0.2, 0.25) is 0 Å². The van der Waals surface area contributed by atoms with Crippen molar-refractivity contribution in [3.63, 3.8) is 0 Å². The van der Waals surface area contributed by atoms with Crippen molar-refractivity contribution in [2.24, 2.45) is 0 Å². The third-order valence-corrected chi connectivity index (χ3v) is 1.60. The minimum Gasteiger partial charge on any atom is -0.479 e. The highest BCUT2D eigenvalue weighted by molar-refractivity contribution is 5.83. The molecule has 0 saturated carbocycles. The molecule has 5 N–H and O–H groups in total. The van der Waals surface area contributed by atoms with E-state index >= 15 is 0 Å². The van der Waals surface area contributed by atoms with Gasteiger partial charge in [-0.1, -0.05) is 0 Å². The number of hydrogen-bond acceptors (Lipinski definition) is 6. The Kier molecular flexibility index (Phi) is 12.0. The van der Waals surface area contributed by atoms with Gasteiger partial charge in [0.15, 0.2) is 12.2 Å². The molecule has 0 aromatic rings. The summed E-state index contributed by atoms with van der Waals surface area (Å²) in [6.45, 7) is 0.390. The second kappa shape index (κ2) is 11.3. The fourth-order valence-electron chi connectivity index (χ4n) is 0.718. The molecule has 0 aliphatic heterocycles. The first-order chi connectivity index (χ1) is 7.92. The van der Waals surface area contributed by atoms with Crippen molar-refractivity contribution >= 4 is 11.9 Å². The topological polar surface area (TPSA) is 145 Å². The van der Waals surface area contributed by atoms with E-state index in [0.717, 1.165) is 20.0 Å². The highest BCUT2D eigenvalue weighted by Gasteiger charge is 2.31. The highest BCUT2D eigenvalue weighted by Crippen LogP contribution is 1.98. The van der Waals surface area contributed by atoms with Gasteiger partial charge < -0.3 is 30.3 Å². The van der Waals surface area contributed by atoms with Crippen LogP contribution in [0.4, 0.5) is 0 Å².